The Labute approximate surface area is 179 Å². The summed E-state index contributed by atoms with van der Waals surface area (Å²) in [4.78, 5) is 11.1. The summed E-state index contributed by atoms with van der Waals surface area (Å²) in [7, 11) is 2.69. The van der Waals surface area contributed by atoms with Crippen molar-refractivity contribution in [2.45, 2.75) is 32.7 Å². The molecule has 2 rings (SSSR count). The van der Waals surface area contributed by atoms with Gasteiger partial charge in [0.05, 0.1) is 25.9 Å². The van der Waals surface area contributed by atoms with Gasteiger partial charge in [0.25, 0.3) is 0 Å². The number of aliphatic hydroxyl groups excluding tert-OH is 1. The molecule has 0 aliphatic rings. The Hall–Kier alpha value is -3.15. The highest BCUT2D eigenvalue weighted by atomic mass is 19.4. The quantitative estimate of drug-likeness (QED) is 0.448. The van der Waals surface area contributed by atoms with Crippen LogP contribution in [0.2, 0.25) is 0 Å². The third kappa shape index (κ3) is 8.92. The fourth-order valence-corrected chi connectivity index (χ4v) is 2.40. The molecule has 1 N–H and O–H groups in total. The summed E-state index contributed by atoms with van der Waals surface area (Å²) < 4.78 is 88.7. The molecule has 0 heterocycles. The van der Waals surface area contributed by atoms with Gasteiger partial charge in [0.1, 0.15) is 23.0 Å². The molecule has 0 aliphatic carbocycles. The van der Waals surface area contributed by atoms with Crippen molar-refractivity contribution in [2.75, 3.05) is 14.2 Å². The van der Waals surface area contributed by atoms with Crippen molar-refractivity contribution in [3.8, 4) is 23.0 Å². The van der Waals surface area contributed by atoms with Gasteiger partial charge in [0.15, 0.2) is 5.78 Å². The highest BCUT2D eigenvalue weighted by molar-refractivity contribution is 5.97. The number of halogens is 6. The van der Waals surface area contributed by atoms with Gasteiger partial charge in [-0.2, -0.15) is 0 Å². The van der Waals surface area contributed by atoms with Gasteiger partial charge in [-0.05, 0) is 50.2 Å². The van der Waals surface area contributed by atoms with Crippen molar-refractivity contribution in [1.29, 1.82) is 0 Å². The number of Topliss-reactive ketones (excluding diaryl/α,β-unsaturated/α-hetero) is 1. The minimum Gasteiger partial charge on any atom is -0.496 e. The number of carbonyl (C=O) groups excluding carboxylic acids is 1. The Bertz CT molecular complexity index is 908. The molecular weight excluding hydrogens is 450 g/mol. The summed E-state index contributed by atoms with van der Waals surface area (Å²) in [5.41, 5.74) is 0.286. The maximum absolute atomic E-state index is 11.9. The Kier molecular flexibility index (Phi) is 9.19. The van der Waals surface area contributed by atoms with Crippen molar-refractivity contribution < 1.29 is 55.2 Å². The van der Waals surface area contributed by atoms with Crippen LogP contribution < -0.4 is 18.9 Å². The highest BCUT2D eigenvalue weighted by Crippen LogP contribution is 2.32. The van der Waals surface area contributed by atoms with E-state index in [1.165, 1.54) is 40.2 Å². The fourth-order valence-electron chi connectivity index (χ4n) is 2.40. The van der Waals surface area contributed by atoms with E-state index in [0.29, 0.717) is 5.75 Å². The van der Waals surface area contributed by atoms with Gasteiger partial charge in [0.2, 0.25) is 0 Å². The molecule has 1 unspecified atom stereocenters. The van der Waals surface area contributed by atoms with Gasteiger partial charge in [-0.15, -0.1) is 26.3 Å². The summed E-state index contributed by atoms with van der Waals surface area (Å²) >= 11 is 0. The highest BCUT2D eigenvalue weighted by Gasteiger charge is 2.32. The van der Waals surface area contributed by atoms with E-state index >= 15 is 0 Å². The van der Waals surface area contributed by atoms with Crippen molar-refractivity contribution in [2.24, 2.45) is 0 Å². The molecule has 0 aliphatic heterocycles. The standard InChI is InChI=1S/C10H11F3O3.C10H9F3O3/c2*1-6(14)8-5-7(16-10(11,12)13)3-4-9(8)15-2/h3-6,14H,1-2H3;3-5H,1-2H3. The summed E-state index contributed by atoms with van der Waals surface area (Å²) in [6.07, 6.45) is -10.5. The summed E-state index contributed by atoms with van der Waals surface area (Å²) in [6, 6.07) is 6.85. The molecule has 0 bridgehead atoms. The first-order valence-corrected chi connectivity index (χ1v) is 8.73. The average Bonchev–Trinajstić information content (AvgIpc) is 2.65. The van der Waals surface area contributed by atoms with E-state index in [1.807, 2.05) is 0 Å². The number of hydrogen-bond donors (Lipinski definition) is 1. The lowest BCUT2D eigenvalue weighted by Crippen LogP contribution is -2.17. The maximum Gasteiger partial charge on any atom is 0.573 e. The molecule has 6 nitrogen and oxygen atoms in total. The van der Waals surface area contributed by atoms with Crippen molar-refractivity contribution in [3.05, 3.63) is 47.5 Å². The summed E-state index contributed by atoms with van der Waals surface area (Å²) in [6.45, 7) is 2.66. The molecule has 0 saturated carbocycles. The van der Waals surface area contributed by atoms with E-state index in [9.17, 15) is 36.2 Å². The Morgan fingerprint density at radius 3 is 1.66 bits per heavy atom. The lowest BCUT2D eigenvalue weighted by Gasteiger charge is -2.14. The van der Waals surface area contributed by atoms with Gasteiger partial charge in [-0.1, -0.05) is 0 Å². The predicted octanol–water partition coefficient (Wildman–Crippen LogP) is 5.44. The van der Waals surface area contributed by atoms with Gasteiger partial charge in [-0.3, -0.25) is 4.79 Å². The number of ketones is 1. The molecule has 0 amide bonds. The lowest BCUT2D eigenvalue weighted by atomic mass is 10.1. The van der Waals surface area contributed by atoms with Crippen LogP contribution >= 0.6 is 0 Å². The smallest absolute Gasteiger partial charge is 0.496 e. The third-order valence-electron chi connectivity index (χ3n) is 3.67. The van der Waals surface area contributed by atoms with Crippen molar-refractivity contribution >= 4 is 5.78 Å². The normalized spacial score (nSPS) is 12.2. The second-order valence-corrected chi connectivity index (χ2v) is 6.09. The number of ether oxygens (including phenoxy) is 4. The molecular formula is C20H20F6O6. The van der Waals surface area contributed by atoms with Crippen LogP contribution in [0.25, 0.3) is 0 Å². The van der Waals surface area contributed by atoms with Crippen LogP contribution in [-0.2, 0) is 0 Å². The first-order valence-electron chi connectivity index (χ1n) is 8.73. The fraction of sp³-hybridized carbons (Fsp3) is 0.350. The largest absolute Gasteiger partial charge is 0.573 e. The van der Waals surface area contributed by atoms with Gasteiger partial charge in [-0.25, -0.2) is 0 Å². The number of hydrogen-bond acceptors (Lipinski definition) is 6. The monoisotopic (exact) mass is 470 g/mol. The van der Waals surface area contributed by atoms with Crippen LogP contribution in [-0.4, -0.2) is 37.8 Å². The predicted molar refractivity (Wildman–Crippen MR) is 100.0 cm³/mol. The van der Waals surface area contributed by atoms with Crippen LogP contribution in [0.1, 0.15) is 35.9 Å². The topological polar surface area (TPSA) is 74.2 Å². The molecule has 178 valence electrons. The second-order valence-electron chi connectivity index (χ2n) is 6.09. The molecule has 0 radical (unpaired) electrons. The van der Waals surface area contributed by atoms with Gasteiger partial charge < -0.3 is 24.1 Å². The number of aliphatic hydroxyl groups is 1. The van der Waals surface area contributed by atoms with E-state index in [-0.39, 0.29) is 22.6 Å². The molecule has 2 aromatic carbocycles. The zero-order valence-electron chi connectivity index (χ0n) is 17.3. The van der Waals surface area contributed by atoms with Crippen LogP contribution in [0, 0.1) is 0 Å². The van der Waals surface area contributed by atoms with Crippen molar-refractivity contribution in [3.63, 3.8) is 0 Å². The minimum absolute atomic E-state index is 0.0456. The maximum atomic E-state index is 11.9. The number of alkyl halides is 6. The zero-order chi connectivity index (χ0) is 24.7. The van der Waals surface area contributed by atoms with Crippen LogP contribution in [0.15, 0.2) is 36.4 Å². The Morgan fingerprint density at radius 2 is 1.28 bits per heavy atom. The van der Waals surface area contributed by atoms with Crippen LogP contribution in [0.3, 0.4) is 0 Å². The summed E-state index contributed by atoms with van der Waals surface area (Å²) in [5, 5.41) is 9.34. The Morgan fingerprint density at radius 1 is 0.844 bits per heavy atom. The second kappa shape index (κ2) is 10.9. The average molecular weight is 470 g/mol. The van der Waals surface area contributed by atoms with E-state index < -0.39 is 30.4 Å². The molecule has 0 spiro atoms. The third-order valence-corrected chi connectivity index (χ3v) is 3.67. The van der Waals surface area contributed by atoms with E-state index in [0.717, 1.165) is 24.3 Å². The lowest BCUT2D eigenvalue weighted by molar-refractivity contribution is -0.275. The SMILES string of the molecule is COc1ccc(OC(F)(F)F)cc1C(C)=O.COc1ccc(OC(F)(F)F)cc1C(C)O. The zero-order valence-corrected chi connectivity index (χ0v) is 17.3. The number of methoxy groups -OCH3 is 2. The molecule has 2 aromatic rings. The minimum atomic E-state index is -4.78. The molecule has 0 fully saturated rings. The van der Waals surface area contributed by atoms with Crippen molar-refractivity contribution in [1.82, 2.24) is 0 Å². The molecule has 1 atom stereocenters. The van der Waals surface area contributed by atoms with Gasteiger partial charge in [0, 0.05) is 5.56 Å². The van der Waals surface area contributed by atoms with Crippen LogP contribution in [0.5, 0.6) is 23.0 Å². The number of rotatable bonds is 6. The first-order chi connectivity index (χ1) is 14.7. The van der Waals surface area contributed by atoms with Gasteiger partial charge >= 0.3 is 12.7 Å². The number of benzene rings is 2. The Balaban J connectivity index is 0.000000320. The molecule has 32 heavy (non-hydrogen) atoms. The van der Waals surface area contributed by atoms with E-state index in [2.05, 4.69) is 9.47 Å². The number of carbonyl (C=O) groups is 1. The molecule has 0 saturated heterocycles. The molecule has 12 heteroatoms. The molecule has 0 aromatic heterocycles. The van der Waals surface area contributed by atoms with E-state index in [1.54, 1.807) is 0 Å². The first kappa shape index (κ1) is 26.9. The van der Waals surface area contributed by atoms with E-state index in [4.69, 9.17) is 9.47 Å². The van der Waals surface area contributed by atoms with Crippen LogP contribution in [0.4, 0.5) is 26.3 Å². The summed E-state index contributed by atoms with van der Waals surface area (Å²) in [5.74, 6) is -0.710.